The van der Waals surface area contributed by atoms with Crippen molar-refractivity contribution in [3.8, 4) is 0 Å². The Morgan fingerprint density at radius 2 is 2.00 bits per heavy atom. The fraction of sp³-hybridized carbons (Fsp3) is 0.150. The van der Waals surface area contributed by atoms with Crippen molar-refractivity contribution in [2.75, 3.05) is 12.4 Å². The molecule has 3 aromatic rings. The zero-order valence-corrected chi connectivity index (χ0v) is 15.8. The van der Waals surface area contributed by atoms with Gasteiger partial charge >= 0.3 is 11.7 Å². The molecule has 0 aliphatic rings. The normalized spacial score (nSPS) is 10.4. The van der Waals surface area contributed by atoms with Crippen LogP contribution < -0.4 is 5.32 Å². The first-order valence-electron chi connectivity index (χ1n) is 8.64. The SMILES string of the molecule is COC(=O)c1ccc(C)c(NC(=O)c2ccccc2Cn2cc([N+](=O)[O-])cn2)c1. The first-order valence-corrected chi connectivity index (χ1v) is 8.64. The molecule has 0 spiro atoms. The molecular weight excluding hydrogens is 376 g/mol. The number of esters is 1. The van der Waals surface area contributed by atoms with E-state index < -0.39 is 10.9 Å². The lowest BCUT2D eigenvalue weighted by Crippen LogP contribution is -2.17. The van der Waals surface area contributed by atoms with E-state index in [-0.39, 0.29) is 18.1 Å². The number of carbonyl (C=O) groups excluding carboxylic acids is 2. The van der Waals surface area contributed by atoms with Gasteiger partial charge in [-0.05, 0) is 36.2 Å². The van der Waals surface area contributed by atoms with Crippen LogP contribution in [0.3, 0.4) is 0 Å². The molecule has 1 aromatic heterocycles. The summed E-state index contributed by atoms with van der Waals surface area (Å²) in [5.74, 6) is -0.867. The second kappa shape index (κ2) is 8.34. The van der Waals surface area contributed by atoms with Crippen molar-refractivity contribution >= 4 is 23.3 Å². The number of hydrogen-bond donors (Lipinski definition) is 1. The Morgan fingerprint density at radius 1 is 1.24 bits per heavy atom. The fourth-order valence-corrected chi connectivity index (χ4v) is 2.78. The number of anilines is 1. The minimum Gasteiger partial charge on any atom is -0.465 e. The predicted octanol–water partition coefficient (Wildman–Crippen LogP) is 3.19. The number of hydrogen-bond acceptors (Lipinski definition) is 6. The highest BCUT2D eigenvalue weighted by atomic mass is 16.6. The van der Waals surface area contributed by atoms with Crippen molar-refractivity contribution in [2.24, 2.45) is 0 Å². The first kappa shape index (κ1) is 19.7. The Labute approximate surface area is 166 Å². The number of aryl methyl sites for hydroxylation is 1. The maximum Gasteiger partial charge on any atom is 0.337 e. The van der Waals surface area contributed by atoms with Gasteiger partial charge in [-0.3, -0.25) is 19.6 Å². The third-order valence-corrected chi connectivity index (χ3v) is 4.33. The van der Waals surface area contributed by atoms with Gasteiger partial charge in [0.15, 0.2) is 0 Å². The summed E-state index contributed by atoms with van der Waals surface area (Å²) in [7, 11) is 1.29. The van der Waals surface area contributed by atoms with Gasteiger partial charge in [0.2, 0.25) is 0 Å². The molecule has 0 aliphatic heterocycles. The highest BCUT2D eigenvalue weighted by molar-refractivity contribution is 6.06. The summed E-state index contributed by atoms with van der Waals surface area (Å²) in [4.78, 5) is 34.9. The summed E-state index contributed by atoms with van der Waals surface area (Å²) in [6.07, 6.45) is 2.46. The lowest BCUT2D eigenvalue weighted by molar-refractivity contribution is -0.385. The number of nitrogens with one attached hydrogen (secondary N) is 1. The number of benzene rings is 2. The zero-order chi connectivity index (χ0) is 21.0. The van der Waals surface area contributed by atoms with Gasteiger partial charge in [-0.1, -0.05) is 24.3 Å². The molecule has 0 saturated carbocycles. The average Bonchev–Trinajstić information content (AvgIpc) is 3.18. The van der Waals surface area contributed by atoms with E-state index in [1.165, 1.54) is 18.0 Å². The average molecular weight is 394 g/mol. The monoisotopic (exact) mass is 394 g/mol. The van der Waals surface area contributed by atoms with Crippen LogP contribution in [0, 0.1) is 17.0 Å². The van der Waals surface area contributed by atoms with Crippen molar-refractivity contribution in [3.05, 3.63) is 87.2 Å². The van der Waals surface area contributed by atoms with Crippen LogP contribution in [-0.2, 0) is 11.3 Å². The van der Waals surface area contributed by atoms with Gasteiger partial charge in [-0.2, -0.15) is 5.10 Å². The molecule has 29 heavy (non-hydrogen) atoms. The molecule has 0 radical (unpaired) electrons. The molecular formula is C20H18N4O5. The van der Waals surface area contributed by atoms with Crippen molar-refractivity contribution in [3.63, 3.8) is 0 Å². The molecule has 148 valence electrons. The van der Waals surface area contributed by atoms with Crippen LogP contribution in [0.2, 0.25) is 0 Å². The molecule has 9 heteroatoms. The Hall–Kier alpha value is -4.01. The summed E-state index contributed by atoms with van der Waals surface area (Å²) >= 11 is 0. The molecule has 0 saturated heterocycles. The van der Waals surface area contributed by atoms with E-state index in [1.54, 1.807) is 42.5 Å². The molecule has 0 unspecified atom stereocenters. The molecule has 2 aromatic carbocycles. The number of carbonyl (C=O) groups is 2. The van der Waals surface area contributed by atoms with Crippen LogP contribution in [-0.4, -0.2) is 33.7 Å². The highest BCUT2D eigenvalue weighted by Crippen LogP contribution is 2.20. The molecule has 0 bridgehead atoms. The van der Waals surface area contributed by atoms with Crippen LogP contribution in [0.5, 0.6) is 0 Å². The summed E-state index contributed by atoms with van der Waals surface area (Å²) in [6, 6.07) is 11.8. The fourth-order valence-electron chi connectivity index (χ4n) is 2.78. The van der Waals surface area contributed by atoms with Crippen molar-refractivity contribution in [1.82, 2.24) is 9.78 Å². The van der Waals surface area contributed by atoms with Gasteiger partial charge in [0.05, 0.1) is 24.1 Å². The highest BCUT2D eigenvalue weighted by Gasteiger charge is 2.16. The maximum absolute atomic E-state index is 12.9. The zero-order valence-electron chi connectivity index (χ0n) is 15.8. The van der Waals surface area contributed by atoms with Crippen molar-refractivity contribution in [2.45, 2.75) is 13.5 Å². The number of aromatic nitrogens is 2. The maximum atomic E-state index is 12.9. The van der Waals surface area contributed by atoms with Crippen LogP contribution in [0.1, 0.15) is 31.8 Å². The van der Waals surface area contributed by atoms with Crippen LogP contribution >= 0.6 is 0 Å². The van der Waals surface area contributed by atoms with E-state index in [0.717, 1.165) is 11.8 Å². The number of methoxy groups -OCH3 is 1. The lowest BCUT2D eigenvalue weighted by Gasteiger charge is -2.13. The molecule has 0 fully saturated rings. The van der Waals surface area contributed by atoms with Crippen molar-refractivity contribution < 1.29 is 19.2 Å². The molecule has 1 amide bonds. The van der Waals surface area contributed by atoms with E-state index in [1.807, 2.05) is 6.92 Å². The Kier molecular flexibility index (Phi) is 5.68. The Bertz CT molecular complexity index is 1090. The Morgan fingerprint density at radius 3 is 2.69 bits per heavy atom. The molecule has 9 nitrogen and oxygen atoms in total. The molecule has 0 atom stereocenters. The summed E-state index contributed by atoms with van der Waals surface area (Å²) in [6.45, 7) is 2.00. The van der Waals surface area contributed by atoms with Gasteiger partial charge in [-0.25, -0.2) is 4.79 Å². The van der Waals surface area contributed by atoms with Gasteiger partial charge in [-0.15, -0.1) is 0 Å². The second-order valence-corrected chi connectivity index (χ2v) is 6.29. The van der Waals surface area contributed by atoms with Crippen molar-refractivity contribution in [1.29, 1.82) is 0 Å². The number of nitrogens with zero attached hydrogens (tertiary/aromatic N) is 3. The smallest absolute Gasteiger partial charge is 0.337 e. The minimum absolute atomic E-state index is 0.123. The van der Waals surface area contributed by atoms with Gasteiger partial charge in [0, 0.05) is 11.3 Å². The van der Waals surface area contributed by atoms with Gasteiger partial charge in [0.25, 0.3) is 5.91 Å². The quantitative estimate of drug-likeness (QED) is 0.390. The van der Waals surface area contributed by atoms with E-state index in [0.29, 0.717) is 22.4 Å². The number of rotatable bonds is 6. The van der Waals surface area contributed by atoms with E-state index in [2.05, 4.69) is 10.4 Å². The lowest BCUT2D eigenvalue weighted by atomic mass is 10.1. The van der Waals surface area contributed by atoms with E-state index in [4.69, 9.17) is 4.74 Å². The van der Waals surface area contributed by atoms with Crippen LogP contribution in [0.4, 0.5) is 11.4 Å². The van der Waals surface area contributed by atoms with Crippen LogP contribution in [0.25, 0.3) is 0 Å². The van der Waals surface area contributed by atoms with E-state index >= 15 is 0 Å². The van der Waals surface area contributed by atoms with E-state index in [9.17, 15) is 19.7 Å². The molecule has 1 heterocycles. The predicted molar refractivity (Wildman–Crippen MR) is 105 cm³/mol. The van der Waals surface area contributed by atoms with Gasteiger partial charge < -0.3 is 10.1 Å². The Balaban J connectivity index is 1.85. The number of ether oxygens (including phenoxy) is 1. The van der Waals surface area contributed by atoms with Crippen LogP contribution in [0.15, 0.2) is 54.9 Å². The largest absolute Gasteiger partial charge is 0.465 e. The number of amides is 1. The first-order chi connectivity index (χ1) is 13.9. The third-order valence-electron chi connectivity index (χ3n) is 4.33. The summed E-state index contributed by atoms with van der Waals surface area (Å²) < 4.78 is 6.11. The third kappa shape index (κ3) is 4.46. The topological polar surface area (TPSA) is 116 Å². The minimum atomic E-state index is -0.529. The summed E-state index contributed by atoms with van der Waals surface area (Å²) in [5.41, 5.74) is 2.51. The molecule has 3 rings (SSSR count). The second-order valence-electron chi connectivity index (χ2n) is 6.29. The van der Waals surface area contributed by atoms with Gasteiger partial charge in [0.1, 0.15) is 12.4 Å². The molecule has 1 N–H and O–H groups in total. The summed E-state index contributed by atoms with van der Waals surface area (Å²) in [5, 5.41) is 17.6. The molecule has 0 aliphatic carbocycles. The number of nitro groups is 1. The standard InChI is InChI=1S/C20H18N4O5/c1-13-7-8-14(20(26)29-2)9-18(13)22-19(25)17-6-4-3-5-15(17)11-23-12-16(10-21-23)24(27)28/h3-10,12H,11H2,1-2H3,(H,22,25).